The van der Waals surface area contributed by atoms with Crippen LogP contribution >= 0.6 is 0 Å². The number of allylic oxidation sites excluding steroid dienone is 1. The fourth-order valence-corrected chi connectivity index (χ4v) is 0.373. The van der Waals surface area contributed by atoms with Crippen molar-refractivity contribution in [3.05, 3.63) is 12.7 Å². The van der Waals surface area contributed by atoms with Crippen LogP contribution in [0.5, 0.6) is 0 Å². The SMILES string of the molecule is C=C/C=N/N(C)/N=C/CC. The molecule has 0 aliphatic carbocycles. The highest BCUT2D eigenvalue weighted by Crippen LogP contribution is 1.82. The van der Waals surface area contributed by atoms with Crippen LogP contribution in [0.15, 0.2) is 22.9 Å². The van der Waals surface area contributed by atoms with Gasteiger partial charge in [0.25, 0.3) is 0 Å². The average molecular weight is 139 g/mol. The molecule has 0 aromatic carbocycles. The second-order valence-corrected chi connectivity index (χ2v) is 1.70. The standard InChI is InChI=1S/C7H13N3/c1-4-6-8-10(3)9-7-5-2/h4,6-7H,1,5H2,2-3H3/b8-6+,9-7+. The fraction of sp³-hybridized carbons (Fsp3) is 0.429. The summed E-state index contributed by atoms with van der Waals surface area (Å²) < 4.78 is 0. The zero-order valence-corrected chi connectivity index (χ0v) is 6.49. The van der Waals surface area contributed by atoms with Gasteiger partial charge in [-0.15, -0.1) is 0 Å². The maximum absolute atomic E-state index is 3.94. The molecule has 0 bridgehead atoms. The maximum atomic E-state index is 3.94. The molecule has 0 rings (SSSR count). The summed E-state index contributed by atoms with van der Waals surface area (Å²) in [7, 11) is 1.77. The van der Waals surface area contributed by atoms with Gasteiger partial charge in [-0.25, -0.2) is 0 Å². The van der Waals surface area contributed by atoms with Gasteiger partial charge < -0.3 is 0 Å². The molecule has 3 heteroatoms. The molecule has 56 valence electrons. The molecule has 0 amide bonds. The number of hydrazone groups is 2. The second kappa shape index (κ2) is 6.01. The predicted octanol–water partition coefficient (Wildman–Crippen LogP) is 1.49. The van der Waals surface area contributed by atoms with Crippen molar-refractivity contribution in [1.29, 1.82) is 0 Å². The van der Waals surface area contributed by atoms with Crippen LogP contribution < -0.4 is 0 Å². The van der Waals surface area contributed by atoms with Gasteiger partial charge in [-0.3, -0.25) is 0 Å². The Bertz CT molecular complexity index is 138. The van der Waals surface area contributed by atoms with Gasteiger partial charge in [-0.05, 0) is 12.5 Å². The molecule has 0 aromatic rings. The summed E-state index contributed by atoms with van der Waals surface area (Å²) in [5.41, 5.74) is 0. The largest absolute Gasteiger partial charge is 0.189 e. The summed E-state index contributed by atoms with van der Waals surface area (Å²) in [6.45, 7) is 5.51. The zero-order valence-electron chi connectivity index (χ0n) is 6.49. The molecule has 0 heterocycles. The minimum absolute atomic E-state index is 0.925. The molecule has 0 spiro atoms. The highest BCUT2D eigenvalue weighted by atomic mass is 15.6. The number of hydrogen-bond acceptors (Lipinski definition) is 3. The third kappa shape index (κ3) is 5.03. The van der Waals surface area contributed by atoms with Gasteiger partial charge in [0, 0.05) is 19.5 Å². The Kier molecular flexibility index (Phi) is 5.33. The maximum Gasteiger partial charge on any atom is 0.0495 e. The Hall–Kier alpha value is -1.12. The van der Waals surface area contributed by atoms with E-state index in [0.717, 1.165) is 6.42 Å². The highest BCUT2D eigenvalue weighted by molar-refractivity contribution is 5.69. The summed E-state index contributed by atoms with van der Waals surface area (Å²) in [5.74, 6) is 0. The lowest BCUT2D eigenvalue weighted by Gasteiger charge is -2.01. The normalized spacial score (nSPS) is 11.0. The van der Waals surface area contributed by atoms with Gasteiger partial charge in [0.05, 0.1) is 0 Å². The predicted molar refractivity (Wildman–Crippen MR) is 45.2 cm³/mol. The van der Waals surface area contributed by atoms with Crippen molar-refractivity contribution in [1.82, 2.24) is 5.12 Å². The molecule has 0 radical (unpaired) electrons. The number of nitrogens with zero attached hydrogens (tertiary/aromatic N) is 3. The third-order valence-corrected chi connectivity index (χ3v) is 0.771. The van der Waals surface area contributed by atoms with Gasteiger partial charge in [0.1, 0.15) is 0 Å². The summed E-state index contributed by atoms with van der Waals surface area (Å²) in [6, 6.07) is 0. The first-order chi connectivity index (χ1) is 4.81. The Labute approximate surface area is 61.7 Å². The van der Waals surface area contributed by atoms with Gasteiger partial charge in [-0.1, -0.05) is 13.5 Å². The first-order valence-corrected chi connectivity index (χ1v) is 3.22. The quantitative estimate of drug-likeness (QED) is 0.428. The van der Waals surface area contributed by atoms with Crippen molar-refractivity contribution in [2.24, 2.45) is 10.2 Å². The average Bonchev–Trinajstić information content (AvgIpc) is 1.97. The third-order valence-electron chi connectivity index (χ3n) is 0.771. The van der Waals surface area contributed by atoms with E-state index in [4.69, 9.17) is 0 Å². The van der Waals surface area contributed by atoms with Gasteiger partial charge in [0.15, 0.2) is 0 Å². The van der Waals surface area contributed by atoms with E-state index in [1.54, 1.807) is 25.6 Å². The van der Waals surface area contributed by atoms with Gasteiger partial charge in [-0.2, -0.15) is 15.3 Å². The zero-order chi connectivity index (χ0) is 7.82. The molecular formula is C7H13N3. The molecule has 3 nitrogen and oxygen atoms in total. The summed E-state index contributed by atoms with van der Waals surface area (Å²) in [4.78, 5) is 0. The van der Waals surface area contributed by atoms with Crippen molar-refractivity contribution in [3.8, 4) is 0 Å². The van der Waals surface area contributed by atoms with Crippen molar-refractivity contribution >= 4 is 12.4 Å². The molecule has 10 heavy (non-hydrogen) atoms. The van der Waals surface area contributed by atoms with E-state index in [2.05, 4.69) is 16.8 Å². The summed E-state index contributed by atoms with van der Waals surface area (Å²) >= 11 is 0. The van der Waals surface area contributed by atoms with E-state index in [0.29, 0.717) is 0 Å². The molecule has 0 saturated heterocycles. The molecule has 0 aliphatic rings. The van der Waals surface area contributed by atoms with Crippen LogP contribution in [0.3, 0.4) is 0 Å². The minimum atomic E-state index is 0.925. The van der Waals surface area contributed by atoms with Crippen molar-refractivity contribution in [2.75, 3.05) is 7.05 Å². The monoisotopic (exact) mass is 139 g/mol. The van der Waals surface area contributed by atoms with Crippen LogP contribution in [0.1, 0.15) is 13.3 Å². The lowest BCUT2D eigenvalue weighted by Crippen LogP contribution is -2.01. The molecular weight excluding hydrogens is 126 g/mol. The molecule has 0 saturated carbocycles. The fourth-order valence-electron chi connectivity index (χ4n) is 0.373. The Morgan fingerprint density at radius 1 is 1.50 bits per heavy atom. The van der Waals surface area contributed by atoms with Crippen molar-refractivity contribution < 1.29 is 0 Å². The molecule has 0 fully saturated rings. The van der Waals surface area contributed by atoms with E-state index in [-0.39, 0.29) is 0 Å². The Morgan fingerprint density at radius 3 is 2.70 bits per heavy atom. The van der Waals surface area contributed by atoms with Crippen LogP contribution in [0.4, 0.5) is 0 Å². The molecule has 0 N–H and O–H groups in total. The van der Waals surface area contributed by atoms with E-state index in [1.807, 2.05) is 6.92 Å². The van der Waals surface area contributed by atoms with Gasteiger partial charge >= 0.3 is 0 Å². The Balaban J connectivity index is 3.61. The smallest absolute Gasteiger partial charge is 0.0495 e. The molecule has 0 unspecified atom stereocenters. The second-order valence-electron chi connectivity index (χ2n) is 1.70. The van der Waals surface area contributed by atoms with E-state index >= 15 is 0 Å². The lowest BCUT2D eigenvalue weighted by atomic mass is 10.6. The summed E-state index contributed by atoms with van der Waals surface area (Å²) in [5, 5.41) is 9.31. The minimum Gasteiger partial charge on any atom is -0.189 e. The van der Waals surface area contributed by atoms with E-state index in [9.17, 15) is 0 Å². The van der Waals surface area contributed by atoms with Crippen LogP contribution in [0.2, 0.25) is 0 Å². The van der Waals surface area contributed by atoms with Crippen molar-refractivity contribution in [3.63, 3.8) is 0 Å². The molecule has 0 aromatic heterocycles. The highest BCUT2D eigenvalue weighted by Gasteiger charge is 1.78. The molecule has 0 atom stereocenters. The Morgan fingerprint density at radius 2 is 2.20 bits per heavy atom. The van der Waals surface area contributed by atoms with Crippen LogP contribution in [0.25, 0.3) is 0 Å². The van der Waals surface area contributed by atoms with Crippen LogP contribution in [-0.4, -0.2) is 24.6 Å². The lowest BCUT2D eigenvalue weighted by molar-refractivity contribution is 0.381. The van der Waals surface area contributed by atoms with E-state index in [1.165, 1.54) is 5.12 Å². The topological polar surface area (TPSA) is 28.0 Å². The summed E-state index contributed by atoms with van der Waals surface area (Å²) in [6.07, 6.45) is 5.92. The van der Waals surface area contributed by atoms with Gasteiger partial charge in [0.2, 0.25) is 0 Å². The van der Waals surface area contributed by atoms with E-state index < -0.39 is 0 Å². The van der Waals surface area contributed by atoms with Crippen LogP contribution in [0, 0.1) is 0 Å². The number of hydrogen-bond donors (Lipinski definition) is 0. The molecule has 0 aliphatic heterocycles. The number of rotatable bonds is 4. The van der Waals surface area contributed by atoms with Crippen LogP contribution in [-0.2, 0) is 0 Å². The van der Waals surface area contributed by atoms with Crippen molar-refractivity contribution in [2.45, 2.75) is 13.3 Å². The first-order valence-electron chi connectivity index (χ1n) is 3.22. The first kappa shape index (κ1) is 8.88.